The fourth-order valence-corrected chi connectivity index (χ4v) is 1.43. The van der Waals surface area contributed by atoms with Gasteiger partial charge in [-0.3, -0.25) is 4.79 Å². The fraction of sp³-hybridized carbons (Fsp3) is 0.700. The van der Waals surface area contributed by atoms with Crippen LogP contribution >= 0.6 is 0 Å². The van der Waals surface area contributed by atoms with Gasteiger partial charge in [0.2, 0.25) is 5.91 Å². The molecular weight excluding hydrogens is 206 g/mol. The summed E-state index contributed by atoms with van der Waals surface area (Å²) >= 11 is 0. The molecule has 16 heavy (non-hydrogen) atoms. The third kappa shape index (κ3) is 3.30. The monoisotopic (exact) mass is 225 g/mol. The zero-order valence-electron chi connectivity index (χ0n) is 9.81. The number of hydrogen-bond donors (Lipinski definition) is 2. The first-order chi connectivity index (χ1) is 7.69. The summed E-state index contributed by atoms with van der Waals surface area (Å²) in [6.07, 6.45) is 3.10. The third-order valence-corrected chi connectivity index (χ3v) is 2.60. The zero-order valence-corrected chi connectivity index (χ0v) is 9.81. The van der Waals surface area contributed by atoms with E-state index in [0.29, 0.717) is 19.5 Å². The van der Waals surface area contributed by atoms with Crippen LogP contribution in [0.1, 0.15) is 19.2 Å². The number of carbonyl (C=O) groups excluding carboxylic acids is 1. The number of aryl methyl sites for hydroxylation is 1. The van der Waals surface area contributed by atoms with Gasteiger partial charge in [-0.15, -0.1) is 10.2 Å². The molecule has 0 radical (unpaired) electrons. The van der Waals surface area contributed by atoms with Gasteiger partial charge in [-0.1, -0.05) is 6.92 Å². The first-order valence-electron chi connectivity index (χ1n) is 5.49. The molecule has 3 N–H and O–H groups in total. The molecule has 0 aliphatic carbocycles. The lowest BCUT2D eigenvalue weighted by Crippen LogP contribution is -2.35. The average Bonchev–Trinajstić information content (AvgIpc) is 2.66. The zero-order chi connectivity index (χ0) is 12.0. The topological polar surface area (TPSA) is 85.8 Å². The molecule has 0 aliphatic heterocycles. The summed E-state index contributed by atoms with van der Waals surface area (Å²) in [6, 6.07) is 0. The molecule has 1 rings (SSSR count). The van der Waals surface area contributed by atoms with Gasteiger partial charge in [0.05, 0.1) is 0 Å². The predicted octanol–water partition coefficient (Wildman–Crippen LogP) is -0.541. The van der Waals surface area contributed by atoms with Crippen molar-refractivity contribution in [2.24, 2.45) is 18.7 Å². The Labute approximate surface area is 95.2 Å². The van der Waals surface area contributed by atoms with E-state index in [-0.39, 0.29) is 11.8 Å². The maximum Gasteiger partial charge on any atom is 0.224 e. The Morgan fingerprint density at radius 1 is 1.69 bits per heavy atom. The van der Waals surface area contributed by atoms with E-state index in [9.17, 15) is 4.79 Å². The van der Waals surface area contributed by atoms with Gasteiger partial charge in [0.25, 0.3) is 0 Å². The maximum absolute atomic E-state index is 11.6. The van der Waals surface area contributed by atoms with Crippen molar-refractivity contribution >= 4 is 5.91 Å². The van der Waals surface area contributed by atoms with E-state index in [1.54, 1.807) is 6.33 Å². The molecule has 0 spiro atoms. The first-order valence-corrected chi connectivity index (χ1v) is 5.49. The van der Waals surface area contributed by atoms with Gasteiger partial charge >= 0.3 is 0 Å². The van der Waals surface area contributed by atoms with Crippen LogP contribution in [-0.2, 0) is 18.3 Å². The van der Waals surface area contributed by atoms with Gasteiger partial charge < -0.3 is 15.6 Å². The van der Waals surface area contributed by atoms with Crippen molar-refractivity contribution in [1.82, 2.24) is 20.1 Å². The number of carbonyl (C=O) groups is 1. The van der Waals surface area contributed by atoms with Crippen LogP contribution in [0.5, 0.6) is 0 Å². The number of nitrogens with one attached hydrogen (secondary N) is 1. The van der Waals surface area contributed by atoms with E-state index in [4.69, 9.17) is 5.73 Å². The van der Waals surface area contributed by atoms with Gasteiger partial charge in [-0.05, 0) is 6.42 Å². The molecule has 6 heteroatoms. The summed E-state index contributed by atoms with van der Waals surface area (Å²) in [5.74, 6) is 0.799. The maximum atomic E-state index is 11.6. The minimum Gasteiger partial charge on any atom is -0.355 e. The summed E-state index contributed by atoms with van der Waals surface area (Å²) in [5, 5.41) is 10.6. The highest BCUT2D eigenvalue weighted by molar-refractivity contribution is 5.78. The van der Waals surface area contributed by atoms with Crippen LogP contribution in [-0.4, -0.2) is 33.8 Å². The summed E-state index contributed by atoms with van der Waals surface area (Å²) in [5.41, 5.74) is 5.49. The van der Waals surface area contributed by atoms with Crippen LogP contribution in [0.25, 0.3) is 0 Å². The number of hydrogen-bond acceptors (Lipinski definition) is 4. The van der Waals surface area contributed by atoms with Crippen molar-refractivity contribution in [3.8, 4) is 0 Å². The second-order valence-corrected chi connectivity index (χ2v) is 3.74. The minimum atomic E-state index is -0.0838. The molecule has 1 aromatic heterocycles. The first kappa shape index (κ1) is 12.6. The highest BCUT2D eigenvalue weighted by Crippen LogP contribution is 1.99. The second kappa shape index (κ2) is 6.22. The van der Waals surface area contributed by atoms with Crippen molar-refractivity contribution in [2.75, 3.05) is 13.1 Å². The van der Waals surface area contributed by atoms with E-state index >= 15 is 0 Å². The van der Waals surface area contributed by atoms with Crippen molar-refractivity contribution < 1.29 is 4.79 Å². The Bertz CT molecular complexity index is 332. The molecule has 1 heterocycles. The van der Waals surface area contributed by atoms with Crippen molar-refractivity contribution in [1.29, 1.82) is 0 Å². The van der Waals surface area contributed by atoms with Crippen LogP contribution < -0.4 is 11.1 Å². The van der Waals surface area contributed by atoms with Crippen LogP contribution in [0.15, 0.2) is 6.33 Å². The Kier molecular flexibility index (Phi) is 4.91. The van der Waals surface area contributed by atoms with E-state index in [0.717, 1.165) is 12.2 Å². The van der Waals surface area contributed by atoms with Gasteiger partial charge in [0.1, 0.15) is 12.2 Å². The number of rotatable bonds is 6. The second-order valence-electron chi connectivity index (χ2n) is 3.74. The Hall–Kier alpha value is -1.43. The number of amides is 1. The molecular formula is C10H19N5O. The molecule has 1 atom stereocenters. The number of aromatic nitrogens is 3. The van der Waals surface area contributed by atoms with Crippen LogP contribution in [0.3, 0.4) is 0 Å². The minimum absolute atomic E-state index is 0.0205. The molecule has 0 saturated carbocycles. The average molecular weight is 225 g/mol. The normalized spacial score (nSPS) is 12.4. The van der Waals surface area contributed by atoms with Gasteiger partial charge in [0.15, 0.2) is 0 Å². The highest BCUT2D eigenvalue weighted by atomic mass is 16.1. The fourth-order valence-electron chi connectivity index (χ4n) is 1.43. The van der Waals surface area contributed by atoms with Gasteiger partial charge in [-0.25, -0.2) is 0 Å². The van der Waals surface area contributed by atoms with E-state index < -0.39 is 0 Å². The lowest BCUT2D eigenvalue weighted by Gasteiger charge is -2.12. The molecule has 0 aromatic carbocycles. The van der Waals surface area contributed by atoms with Crippen molar-refractivity contribution in [3.05, 3.63) is 12.2 Å². The number of nitrogens with two attached hydrogens (primary N) is 1. The molecule has 90 valence electrons. The number of nitrogens with zero attached hydrogens (tertiary/aromatic N) is 3. The molecule has 1 aromatic rings. The summed E-state index contributed by atoms with van der Waals surface area (Å²) in [6.45, 7) is 2.92. The van der Waals surface area contributed by atoms with Crippen LogP contribution in [0.4, 0.5) is 0 Å². The molecule has 0 saturated heterocycles. The highest BCUT2D eigenvalue weighted by Gasteiger charge is 2.13. The van der Waals surface area contributed by atoms with Crippen molar-refractivity contribution in [2.45, 2.75) is 19.8 Å². The lowest BCUT2D eigenvalue weighted by atomic mass is 10.1. The standard InChI is InChI=1S/C10H19N5O/c1-3-8(6-11)10(16)12-5-4-9-14-13-7-15(9)2/h7-8H,3-6,11H2,1-2H3,(H,12,16). The third-order valence-electron chi connectivity index (χ3n) is 2.60. The van der Waals surface area contributed by atoms with Gasteiger partial charge in [0, 0.05) is 32.5 Å². The summed E-state index contributed by atoms with van der Waals surface area (Å²) in [4.78, 5) is 11.6. The molecule has 0 bridgehead atoms. The summed E-state index contributed by atoms with van der Waals surface area (Å²) in [7, 11) is 1.88. The van der Waals surface area contributed by atoms with E-state index in [1.807, 2.05) is 18.5 Å². The Morgan fingerprint density at radius 2 is 2.44 bits per heavy atom. The molecule has 1 unspecified atom stereocenters. The quantitative estimate of drug-likeness (QED) is 0.680. The molecule has 6 nitrogen and oxygen atoms in total. The largest absolute Gasteiger partial charge is 0.355 e. The lowest BCUT2D eigenvalue weighted by molar-refractivity contribution is -0.124. The molecule has 0 fully saturated rings. The Morgan fingerprint density at radius 3 is 2.94 bits per heavy atom. The SMILES string of the molecule is CCC(CN)C(=O)NCCc1nncn1C. The van der Waals surface area contributed by atoms with Gasteiger partial charge in [-0.2, -0.15) is 0 Å². The van der Waals surface area contributed by atoms with E-state index in [2.05, 4.69) is 15.5 Å². The van der Waals surface area contributed by atoms with Crippen LogP contribution in [0.2, 0.25) is 0 Å². The van der Waals surface area contributed by atoms with Crippen molar-refractivity contribution in [3.63, 3.8) is 0 Å². The molecule has 0 aliphatic rings. The van der Waals surface area contributed by atoms with Crippen LogP contribution in [0, 0.1) is 5.92 Å². The predicted molar refractivity (Wildman–Crippen MR) is 60.6 cm³/mol. The Balaban J connectivity index is 2.30. The van der Waals surface area contributed by atoms with E-state index in [1.165, 1.54) is 0 Å². The summed E-state index contributed by atoms with van der Waals surface area (Å²) < 4.78 is 1.84. The molecule has 1 amide bonds. The smallest absolute Gasteiger partial charge is 0.224 e.